The molecule has 7 nitrogen and oxygen atoms in total. The third kappa shape index (κ3) is 8.87. The number of rotatable bonds is 9. The van der Waals surface area contributed by atoms with E-state index in [0.29, 0.717) is 0 Å². The number of hydrogen-bond acceptors (Lipinski definition) is 3. The third-order valence-electron chi connectivity index (χ3n) is 2.55. The molecule has 1 atom stereocenters. The van der Waals surface area contributed by atoms with Crippen molar-refractivity contribution in [3.63, 3.8) is 0 Å². The Bertz CT molecular complexity index is 303. The predicted octanol–water partition coefficient (Wildman–Crippen LogP) is 1.14. The summed E-state index contributed by atoms with van der Waals surface area (Å²) < 4.78 is 0. The van der Waals surface area contributed by atoms with Crippen LogP contribution in [0.3, 0.4) is 0 Å². The maximum atomic E-state index is 11.7. The SMILES string of the molecule is CCCCCC(C)NC(=O)N(CC(=O)O)CC(=O)O. The molecule has 0 radical (unpaired) electrons. The summed E-state index contributed by atoms with van der Waals surface area (Å²) in [5.41, 5.74) is 0. The van der Waals surface area contributed by atoms with E-state index in [1.165, 1.54) is 0 Å². The molecule has 0 aromatic carbocycles. The van der Waals surface area contributed by atoms with Gasteiger partial charge < -0.3 is 20.4 Å². The molecule has 0 saturated heterocycles. The number of aliphatic carboxylic acids is 2. The first-order valence-corrected chi connectivity index (χ1v) is 6.35. The van der Waals surface area contributed by atoms with Crippen LogP contribution < -0.4 is 5.32 Å². The summed E-state index contributed by atoms with van der Waals surface area (Å²) in [6.07, 6.45) is 3.89. The van der Waals surface area contributed by atoms with Gasteiger partial charge in [-0.2, -0.15) is 0 Å². The summed E-state index contributed by atoms with van der Waals surface area (Å²) in [5, 5.41) is 19.9. The Morgan fingerprint density at radius 3 is 2.05 bits per heavy atom. The standard InChI is InChI=1S/C12H22N2O5/c1-3-4-5-6-9(2)13-12(19)14(7-10(15)16)8-11(17)18/h9H,3-8H2,1-2H3,(H,13,19)(H,15,16)(H,17,18). The Balaban J connectivity index is 4.29. The van der Waals surface area contributed by atoms with Gasteiger partial charge in [-0.15, -0.1) is 0 Å². The zero-order valence-corrected chi connectivity index (χ0v) is 11.4. The summed E-state index contributed by atoms with van der Waals surface area (Å²) in [4.78, 5) is 33.7. The van der Waals surface area contributed by atoms with E-state index in [-0.39, 0.29) is 6.04 Å². The number of carboxylic acids is 2. The number of nitrogens with zero attached hydrogens (tertiary/aromatic N) is 1. The van der Waals surface area contributed by atoms with E-state index in [0.717, 1.165) is 30.6 Å². The number of unbranched alkanes of at least 4 members (excludes halogenated alkanes) is 2. The van der Waals surface area contributed by atoms with E-state index in [2.05, 4.69) is 12.2 Å². The molecule has 110 valence electrons. The third-order valence-corrected chi connectivity index (χ3v) is 2.55. The van der Waals surface area contributed by atoms with Gasteiger partial charge in [0, 0.05) is 6.04 Å². The van der Waals surface area contributed by atoms with Crippen molar-refractivity contribution in [1.82, 2.24) is 10.2 Å². The molecule has 0 aromatic heterocycles. The van der Waals surface area contributed by atoms with Gasteiger partial charge in [-0.1, -0.05) is 26.2 Å². The van der Waals surface area contributed by atoms with Crippen molar-refractivity contribution >= 4 is 18.0 Å². The van der Waals surface area contributed by atoms with Gasteiger partial charge in [-0.05, 0) is 13.3 Å². The molecule has 3 N–H and O–H groups in total. The van der Waals surface area contributed by atoms with E-state index in [4.69, 9.17) is 10.2 Å². The Morgan fingerprint density at radius 1 is 1.11 bits per heavy atom. The minimum atomic E-state index is -1.24. The van der Waals surface area contributed by atoms with E-state index >= 15 is 0 Å². The van der Waals surface area contributed by atoms with Crippen molar-refractivity contribution < 1.29 is 24.6 Å². The summed E-state index contributed by atoms with van der Waals surface area (Å²) >= 11 is 0. The molecule has 0 aliphatic carbocycles. The van der Waals surface area contributed by atoms with Crippen molar-refractivity contribution in [3.05, 3.63) is 0 Å². The highest BCUT2D eigenvalue weighted by Gasteiger charge is 2.20. The predicted molar refractivity (Wildman–Crippen MR) is 69.0 cm³/mol. The fourth-order valence-electron chi connectivity index (χ4n) is 1.60. The largest absolute Gasteiger partial charge is 0.480 e. The van der Waals surface area contributed by atoms with Gasteiger partial charge in [-0.3, -0.25) is 9.59 Å². The first kappa shape index (κ1) is 17.2. The first-order valence-electron chi connectivity index (χ1n) is 6.35. The van der Waals surface area contributed by atoms with Crippen LogP contribution >= 0.6 is 0 Å². The van der Waals surface area contributed by atoms with Gasteiger partial charge in [0.25, 0.3) is 0 Å². The Hall–Kier alpha value is -1.79. The Kier molecular flexibility index (Phi) is 8.32. The lowest BCUT2D eigenvalue weighted by Gasteiger charge is -2.22. The second-order valence-electron chi connectivity index (χ2n) is 4.49. The van der Waals surface area contributed by atoms with Gasteiger partial charge in [0.1, 0.15) is 13.1 Å². The molecule has 0 aromatic rings. The van der Waals surface area contributed by atoms with Crippen LogP contribution in [0.25, 0.3) is 0 Å². The molecule has 1 unspecified atom stereocenters. The van der Waals surface area contributed by atoms with Crippen LogP contribution in [-0.2, 0) is 9.59 Å². The maximum Gasteiger partial charge on any atom is 0.323 e. The number of carbonyl (C=O) groups excluding carboxylic acids is 1. The lowest BCUT2D eigenvalue weighted by atomic mass is 10.1. The van der Waals surface area contributed by atoms with Crippen LogP contribution in [0.4, 0.5) is 4.79 Å². The molecule has 0 rings (SSSR count). The smallest absolute Gasteiger partial charge is 0.323 e. The number of nitrogens with one attached hydrogen (secondary N) is 1. The topological polar surface area (TPSA) is 107 Å². The minimum Gasteiger partial charge on any atom is -0.480 e. The van der Waals surface area contributed by atoms with E-state index in [1.54, 1.807) is 0 Å². The molecule has 0 aliphatic rings. The monoisotopic (exact) mass is 274 g/mol. The molecule has 0 heterocycles. The fraction of sp³-hybridized carbons (Fsp3) is 0.750. The highest BCUT2D eigenvalue weighted by Crippen LogP contribution is 2.03. The Morgan fingerprint density at radius 2 is 1.63 bits per heavy atom. The van der Waals surface area contributed by atoms with E-state index in [1.807, 2.05) is 6.92 Å². The highest BCUT2D eigenvalue weighted by atomic mass is 16.4. The zero-order valence-electron chi connectivity index (χ0n) is 11.4. The summed E-state index contributed by atoms with van der Waals surface area (Å²) in [5.74, 6) is -2.48. The molecule has 0 aliphatic heterocycles. The second-order valence-corrected chi connectivity index (χ2v) is 4.49. The van der Waals surface area contributed by atoms with Crippen molar-refractivity contribution in [3.8, 4) is 0 Å². The fourth-order valence-corrected chi connectivity index (χ4v) is 1.60. The average Bonchev–Trinajstić information content (AvgIpc) is 2.27. The van der Waals surface area contributed by atoms with Crippen molar-refractivity contribution in [2.24, 2.45) is 0 Å². The van der Waals surface area contributed by atoms with Crippen LogP contribution in [0, 0.1) is 0 Å². The van der Waals surface area contributed by atoms with Crippen molar-refractivity contribution in [2.75, 3.05) is 13.1 Å². The summed E-state index contributed by atoms with van der Waals surface area (Å²) in [6, 6.07) is -0.766. The molecule has 0 bridgehead atoms. The molecule has 2 amide bonds. The van der Waals surface area contributed by atoms with E-state index in [9.17, 15) is 14.4 Å². The number of amides is 2. The van der Waals surface area contributed by atoms with Crippen LogP contribution in [0.1, 0.15) is 39.5 Å². The normalized spacial score (nSPS) is 11.7. The molecule has 0 saturated carbocycles. The van der Waals surface area contributed by atoms with Crippen LogP contribution in [-0.4, -0.2) is 52.2 Å². The lowest BCUT2D eigenvalue weighted by Crippen LogP contribution is -2.47. The number of urea groups is 1. The molecule has 7 heteroatoms. The first-order chi connectivity index (χ1) is 8.86. The average molecular weight is 274 g/mol. The van der Waals surface area contributed by atoms with E-state index < -0.39 is 31.1 Å². The maximum absolute atomic E-state index is 11.7. The number of carboxylic acid groups (broad SMARTS) is 2. The second kappa shape index (κ2) is 9.18. The number of carbonyl (C=O) groups is 3. The molecular weight excluding hydrogens is 252 g/mol. The van der Waals surface area contributed by atoms with Gasteiger partial charge in [0.15, 0.2) is 0 Å². The molecule has 0 spiro atoms. The minimum absolute atomic E-state index is 0.107. The lowest BCUT2D eigenvalue weighted by molar-refractivity contribution is -0.140. The zero-order chi connectivity index (χ0) is 14.8. The summed E-state index contributed by atoms with van der Waals surface area (Å²) in [6.45, 7) is 2.64. The molecule has 0 fully saturated rings. The van der Waals surface area contributed by atoms with Gasteiger partial charge >= 0.3 is 18.0 Å². The van der Waals surface area contributed by atoms with Crippen LogP contribution in [0.15, 0.2) is 0 Å². The van der Waals surface area contributed by atoms with Crippen LogP contribution in [0.2, 0.25) is 0 Å². The molecule has 19 heavy (non-hydrogen) atoms. The summed E-state index contributed by atoms with van der Waals surface area (Å²) in [7, 11) is 0. The quantitative estimate of drug-likeness (QED) is 0.546. The van der Waals surface area contributed by atoms with Gasteiger partial charge in [-0.25, -0.2) is 4.79 Å². The number of hydrogen-bond donors (Lipinski definition) is 3. The van der Waals surface area contributed by atoms with Crippen molar-refractivity contribution in [2.45, 2.75) is 45.6 Å². The van der Waals surface area contributed by atoms with Gasteiger partial charge in [0.05, 0.1) is 0 Å². The van der Waals surface area contributed by atoms with Gasteiger partial charge in [0.2, 0.25) is 0 Å². The van der Waals surface area contributed by atoms with Crippen molar-refractivity contribution in [1.29, 1.82) is 0 Å². The Labute approximate surface area is 112 Å². The van der Waals surface area contributed by atoms with Crippen LogP contribution in [0.5, 0.6) is 0 Å². The highest BCUT2D eigenvalue weighted by molar-refractivity contribution is 5.84. The molecular formula is C12H22N2O5.